The Morgan fingerprint density at radius 2 is 2.05 bits per heavy atom. The van der Waals surface area contributed by atoms with E-state index in [-0.39, 0.29) is 18.1 Å². The molecule has 22 heavy (non-hydrogen) atoms. The monoisotopic (exact) mass is 308 g/mol. The van der Waals surface area contributed by atoms with Crippen LogP contribution in [0.1, 0.15) is 33.6 Å². The van der Waals surface area contributed by atoms with Crippen LogP contribution >= 0.6 is 0 Å². The smallest absolute Gasteiger partial charge is 0.225 e. The van der Waals surface area contributed by atoms with Crippen LogP contribution in [0.25, 0.3) is 0 Å². The normalized spacial score (nSPS) is 13.7. The summed E-state index contributed by atoms with van der Waals surface area (Å²) in [5.74, 6) is 1.11. The molecule has 5 nitrogen and oxygen atoms in total. The average Bonchev–Trinajstić information content (AvgIpc) is 2.44. The van der Waals surface area contributed by atoms with Gasteiger partial charge in [-0.05, 0) is 31.4 Å². The lowest BCUT2D eigenvalue weighted by Crippen LogP contribution is -2.36. The van der Waals surface area contributed by atoms with Crippen LogP contribution in [0.15, 0.2) is 24.3 Å². The fourth-order valence-corrected chi connectivity index (χ4v) is 2.23. The van der Waals surface area contributed by atoms with Gasteiger partial charge in [-0.15, -0.1) is 0 Å². The largest absolute Gasteiger partial charge is 0.497 e. The fourth-order valence-electron chi connectivity index (χ4n) is 2.23. The van der Waals surface area contributed by atoms with Crippen LogP contribution < -0.4 is 15.4 Å². The van der Waals surface area contributed by atoms with Crippen LogP contribution in [-0.4, -0.2) is 36.8 Å². The Morgan fingerprint density at radius 3 is 2.68 bits per heavy atom. The molecule has 1 amide bonds. The number of anilines is 1. The molecule has 124 valence electrons. The van der Waals surface area contributed by atoms with Crippen molar-refractivity contribution in [3.8, 4) is 5.75 Å². The first-order valence-electron chi connectivity index (χ1n) is 7.76. The molecule has 0 saturated carbocycles. The number of amides is 1. The van der Waals surface area contributed by atoms with Crippen LogP contribution in [0.4, 0.5) is 5.69 Å². The van der Waals surface area contributed by atoms with E-state index in [0.717, 1.165) is 12.1 Å². The summed E-state index contributed by atoms with van der Waals surface area (Å²) < 4.78 is 5.12. The van der Waals surface area contributed by atoms with E-state index in [2.05, 4.69) is 24.5 Å². The molecular formula is C17H28N2O3. The number of carbonyl (C=O) groups is 1. The predicted octanol–water partition coefficient (Wildman–Crippen LogP) is 2.41. The average molecular weight is 308 g/mol. The Hall–Kier alpha value is -1.59. The summed E-state index contributed by atoms with van der Waals surface area (Å²) in [5, 5.41) is 15.9. The van der Waals surface area contributed by atoms with Gasteiger partial charge in [-0.25, -0.2) is 0 Å². The third-order valence-electron chi connectivity index (χ3n) is 3.29. The second kappa shape index (κ2) is 9.43. The Labute approximate surface area is 133 Å². The SMILES string of the molecule is COc1cccc(NC(=O)CC(C)NCC(O)CC(C)C)c1. The van der Waals surface area contributed by atoms with E-state index >= 15 is 0 Å². The number of hydrogen-bond donors (Lipinski definition) is 3. The van der Waals surface area contributed by atoms with Crippen molar-refractivity contribution in [3.05, 3.63) is 24.3 Å². The van der Waals surface area contributed by atoms with Gasteiger partial charge in [0, 0.05) is 30.8 Å². The molecule has 0 saturated heterocycles. The van der Waals surface area contributed by atoms with E-state index in [4.69, 9.17) is 4.74 Å². The third kappa shape index (κ3) is 7.43. The number of rotatable bonds is 9. The Kier molecular flexibility index (Phi) is 7.91. The first-order chi connectivity index (χ1) is 10.4. The molecule has 0 aliphatic rings. The number of ether oxygens (including phenoxy) is 1. The predicted molar refractivity (Wildman–Crippen MR) is 89.2 cm³/mol. The highest BCUT2D eigenvalue weighted by Crippen LogP contribution is 2.16. The maximum Gasteiger partial charge on any atom is 0.225 e. The van der Waals surface area contributed by atoms with Crippen molar-refractivity contribution in [2.45, 2.75) is 45.8 Å². The molecule has 0 aliphatic carbocycles. The van der Waals surface area contributed by atoms with Crippen molar-refractivity contribution in [2.24, 2.45) is 5.92 Å². The number of hydrogen-bond acceptors (Lipinski definition) is 4. The van der Waals surface area contributed by atoms with Crippen LogP contribution in [-0.2, 0) is 4.79 Å². The zero-order chi connectivity index (χ0) is 16.5. The molecule has 1 aromatic carbocycles. The minimum absolute atomic E-state index is 0.00687. The zero-order valence-corrected chi connectivity index (χ0v) is 13.9. The molecule has 2 unspecified atom stereocenters. The van der Waals surface area contributed by atoms with Crippen molar-refractivity contribution < 1.29 is 14.6 Å². The van der Waals surface area contributed by atoms with E-state index in [1.165, 1.54) is 0 Å². The highest BCUT2D eigenvalue weighted by molar-refractivity contribution is 5.91. The molecule has 2 atom stereocenters. The van der Waals surface area contributed by atoms with Gasteiger partial charge in [0.05, 0.1) is 13.2 Å². The summed E-state index contributed by atoms with van der Waals surface area (Å²) in [6.07, 6.45) is 0.741. The second-order valence-corrected chi connectivity index (χ2v) is 6.08. The molecule has 0 spiro atoms. The molecule has 0 aliphatic heterocycles. The first-order valence-corrected chi connectivity index (χ1v) is 7.76. The second-order valence-electron chi connectivity index (χ2n) is 6.08. The van der Waals surface area contributed by atoms with Crippen molar-refractivity contribution >= 4 is 11.6 Å². The number of methoxy groups -OCH3 is 1. The molecule has 1 aromatic rings. The van der Waals surface area contributed by atoms with Crippen molar-refractivity contribution in [1.82, 2.24) is 5.32 Å². The van der Waals surface area contributed by atoms with Crippen LogP contribution in [0.5, 0.6) is 5.75 Å². The number of aliphatic hydroxyl groups excluding tert-OH is 1. The minimum atomic E-state index is -0.371. The van der Waals surface area contributed by atoms with Gasteiger partial charge in [-0.1, -0.05) is 19.9 Å². The van der Waals surface area contributed by atoms with Gasteiger partial charge in [0.25, 0.3) is 0 Å². The maximum absolute atomic E-state index is 12.0. The third-order valence-corrected chi connectivity index (χ3v) is 3.29. The van der Waals surface area contributed by atoms with E-state index in [1.807, 2.05) is 25.1 Å². The maximum atomic E-state index is 12.0. The van der Waals surface area contributed by atoms with E-state index in [0.29, 0.717) is 24.6 Å². The zero-order valence-electron chi connectivity index (χ0n) is 13.9. The fraction of sp³-hybridized carbons (Fsp3) is 0.588. The summed E-state index contributed by atoms with van der Waals surface area (Å²) in [6.45, 7) is 6.60. The lowest BCUT2D eigenvalue weighted by atomic mass is 10.1. The van der Waals surface area contributed by atoms with E-state index in [1.54, 1.807) is 13.2 Å². The standard InChI is InChI=1S/C17H28N2O3/c1-12(2)8-15(20)11-18-13(3)9-17(21)19-14-6-5-7-16(10-14)22-4/h5-7,10,12-13,15,18,20H,8-9,11H2,1-4H3,(H,19,21). The summed E-state index contributed by atoms with van der Waals surface area (Å²) in [5.41, 5.74) is 0.719. The Balaban J connectivity index is 2.34. The highest BCUT2D eigenvalue weighted by Gasteiger charge is 2.12. The molecule has 3 N–H and O–H groups in total. The van der Waals surface area contributed by atoms with Crippen LogP contribution in [0, 0.1) is 5.92 Å². The number of aliphatic hydroxyl groups is 1. The Morgan fingerprint density at radius 1 is 1.32 bits per heavy atom. The summed E-state index contributed by atoms with van der Waals surface area (Å²) in [7, 11) is 1.59. The number of carbonyl (C=O) groups excluding carboxylic acids is 1. The van der Waals surface area contributed by atoms with Gasteiger partial charge >= 0.3 is 0 Å². The van der Waals surface area contributed by atoms with Gasteiger partial charge in [0.15, 0.2) is 0 Å². The minimum Gasteiger partial charge on any atom is -0.497 e. The molecule has 0 aromatic heterocycles. The van der Waals surface area contributed by atoms with Gasteiger partial charge in [0.1, 0.15) is 5.75 Å². The van der Waals surface area contributed by atoms with E-state index in [9.17, 15) is 9.90 Å². The first kappa shape index (κ1) is 18.5. The topological polar surface area (TPSA) is 70.6 Å². The van der Waals surface area contributed by atoms with Gasteiger partial charge < -0.3 is 20.5 Å². The van der Waals surface area contributed by atoms with Crippen molar-refractivity contribution in [3.63, 3.8) is 0 Å². The van der Waals surface area contributed by atoms with Crippen LogP contribution in [0.3, 0.4) is 0 Å². The van der Waals surface area contributed by atoms with Crippen molar-refractivity contribution in [2.75, 3.05) is 19.0 Å². The highest BCUT2D eigenvalue weighted by atomic mass is 16.5. The lowest BCUT2D eigenvalue weighted by molar-refractivity contribution is -0.116. The molecule has 0 bridgehead atoms. The quantitative estimate of drug-likeness (QED) is 0.655. The van der Waals surface area contributed by atoms with Crippen LogP contribution in [0.2, 0.25) is 0 Å². The van der Waals surface area contributed by atoms with Gasteiger partial charge in [-0.2, -0.15) is 0 Å². The summed E-state index contributed by atoms with van der Waals surface area (Å²) in [4.78, 5) is 12.0. The lowest BCUT2D eigenvalue weighted by Gasteiger charge is -2.18. The Bertz CT molecular complexity index is 463. The van der Waals surface area contributed by atoms with Gasteiger partial charge in [-0.3, -0.25) is 4.79 Å². The molecular weight excluding hydrogens is 280 g/mol. The summed E-state index contributed by atoms with van der Waals surface area (Å²) in [6, 6.07) is 7.27. The molecule has 0 fully saturated rings. The van der Waals surface area contributed by atoms with Gasteiger partial charge in [0.2, 0.25) is 5.91 Å². The van der Waals surface area contributed by atoms with Crippen molar-refractivity contribution in [1.29, 1.82) is 0 Å². The van der Waals surface area contributed by atoms with E-state index < -0.39 is 0 Å². The number of benzene rings is 1. The molecule has 1 rings (SSSR count). The number of nitrogens with one attached hydrogen (secondary N) is 2. The molecule has 0 radical (unpaired) electrons. The molecule has 5 heteroatoms. The molecule has 0 heterocycles. The summed E-state index contributed by atoms with van der Waals surface area (Å²) >= 11 is 0.